The van der Waals surface area contributed by atoms with Gasteiger partial charge < -0.3 is 10.3 Å². The van der Waals surface area contributed by atoms with Crippen LogP contribution in [-0.2, 0) is 12.8 Å². The number of pyridine rings is 1. The summed E-state index contributed by atoms with van der Waals surface area (Å²) >= 11 is 0. The molecular weight excluding hydrogens is 324 g/mol. The minimum atomic E-state index is -0.393. The van der Waals surface area contributed by atoms with Crippen molar-refractivity contribution < 1.29 is 4.79 Å². The molecule has 0 saturated carbocycles. The molecule has 4 nitrogen and oxygen atoms in total. The van der Waals surface area contributed by atoms with Gasteiger partial charge in [0.2, 0.25) is 0 Å². The highest BCUT2D eigenvalue weighted by molar-refractivity contribution is 6.09. The van der Waals surface area contributed by atoms with Crippen molar-refractivity contribution in [3.8, 4) is 11.1 Å². The molecule has 1 aromatic heterocycles. The number of carbonyl (C=O) groups is 1. The highest BCUT2D eigenvalue weighted by atomic mass is 16.2. The maximum Gasteiger partial charge on any atom is 0.261 e. The molecule has 26 heavy (non-hydrogen) atoms. The fourth-order valence-corrected chi connectivity index (χ4v) is 3.14. The number of anilines is 1. The van der Waals surface area contributed by atoms with Crippen molar-refractivity contribution in [2.75, 3.05) is 5.32 Å². The molecule has 0 bridgehead atoms. The van der Waals surface area contributed by atoms with Gasteiger partial charge in [0.1, 0.15) is 5.56 Å². The van der Waals surface area contributed by atoms with Crippen molar-refractivity contribution in [3.05, 3.63) is 87.8 Å². The van der Waals surface area contributed by atoms with Crippen LogP contribution in [-0.4, -0.2) is 10.9 Å². The van der Waals surface area contributed by atoms with E-state index in [0.29, 0.717) is 5.56 Å². The lowest BCUT2D eigenvalue weighted by molar-refractivity contribution is 0.102. The fraction of sp³-hybridized carbons (Fsp3) is 0.182. The van der Waals surface area contributed by atoms with Crippen molar-refractivity contribution >= 4 is 11.6 Å². The molecule has 4 heteroatoms. The molecule has 3 aromatic rings. The van der Waals surface area contributed by atoms with Gasteiger partial charge in [-0.2, -0.15) is 0 Å². The van der Waals surface area contributed by atoms with E-state index in [4.69, 9.17) is 0 Å². The third-order valence-corrected chi connectivity index (χ3v) is 4.51. The number of carbonyl (C=O) groups excluding carboxylic acids is 1. The SMILES string of the molecule is CCc1cccc(CC)c1NC(=O)c1c(-c2ccccc2)cc[nH]c1=O. The third kappa shape index (κ3) is 3.45. The molecule has 1 amide bonds. The van der Waals surface area contributed by atoms with E-state index in [1.807, 2.05) is 48.5 Å². The van der Waals surface area contributed by atoms with Crippen LogP contribution in [0.4, 0.5) is 5.69 Å². The Balaban J connectivity index is 2.07. The van der Waals surface area contributed by atoms with E-state index >= 15 is 0 Å². The van der Waals surface area contributed by atoms with Gasteiger partial charge in [0, 0.05) is 17.4 Å². The molecule has 0 unspecified atom stereocenters. The van der Waals surface area contributed by atoms with Crippen LogP contribution in [0.1, 0.15) is 35.3 Å². The van der Waals surface area contributed by atoms with Crippen LogP contribution in [0.25, 0.3) is 11.1 Å². The zero-order valence-corrected chi connectivity index (χ0v) is 15.0. The summed E-state index contributed by atoms with van der Waals surface area (Å²) in [6.07, 6.45) is 3.18. The Morgan fingerprint density at radius 3 is 2.19 bits per heavy atom. The first-order valence-corrected chi connectivity index (χ1v) is 8.84. The summed E-state index contributed by atoms with van der Waals surface area (Å²) < 4.78 is 0. The quantitative estimate of drug-likeness (QED) is 0.718. The predicted molar refractivity (Wildman–Crippen MR) is 106 cm³/mol. The van der Waals surface area contributed by atoms with Gasteiger partial charge in [0.05, 0.1) is 0 Å². The molecule has 3 rings (SSSR count). The smallest absolute Gasteiger partial charge is 0.261 e. The maximum atomic E-state index is 13.0. The fourth-order valence-electron chi connectivity index (χ4n) is 3.14. The molecule has 0 aliphatic rings. The van der Waals surface area contributed by atoms with Crippen molar-refractivity contribution in [2.24, 2.45) is 0 Å². The van der Waals surface area contributed by atoms with Gasteiger partial charge in [-0.05, 0) is 35.6 Å². The minimum absolute atomic E-state index is 0.131. The highest BCUT2D eigenvalue weighted by Gasteiger charge is 2.19. The number of aromatic amines is 1. The molecule has 0 radical (unpaired) electrons. The molecule has 1 heterocycles. The first kappa shape index (κ1) is 17.7. The van der Waals surface area contributed by atoms with Crippen molar-refractivity contribution in [3.63, 3.8) is 0 Å². The van der Waals surface area contributed by atoms with Gasteiger partial charge in [0.15, 0.2) is 0 Å². The number of amides is 1. The van der Waals surface area contributed by atoms with Crippen LogP contribution in [0.5, 0.6) is 0 Å². The first-order valence-electron chi connectivity index (χ1n) is 8.84. The van der Waals surface area contributed by atoms with Gasteiger partial charge in [0.25, 0.3) is 11.5 Å². The summed E-state index contributed by atoms with van der Waals surface area (Å²) in [5.41, 5.74) is 4.13. The zero-order valence-electron chi connectivity index (χ0n) is 15.0. The second-order valence-electron chi connectivity index (χ2n) is 6.07. The Bertz CT molecular complexity index is 953. The van der Waals surface area contributed by atoms with E-state index < -0.39 is 5.56 Å². The van der Waals surface area contributed by atoms with Crippen molar-refractivity contribution in [1.29, 1.82) is 0 Å². The molecule has 0 spiro atoms. The molecule has 0 aliphatic carbocycles. The van der Waals surface area contributed by atoms with Crippen LogP contribution >= 0.6 is 0 Å². The molecule has 0 aliphatic heterocycles. The number of benzene rings is 2. The van der Waals surface area contributed by atoms with Crippen LogP contribution in [0, 0.1) is 0 Å². The van der Waals surface area contributed by atoms with E-state index in [1.165, 1.54) is 0 Å². The zero-order chi connectivity index (χ0) is 18.5. The summed E-state index contributed by atoms with van der Waals surface area (Å²) in [6, 6.07) is 17.2. The van der Waals surface area contributed by atoms with E-state index in [9.17, 15) is 9.59 Å². The van der Waals surface area contributed by atoms with Gasteiger partial charge in [-0.15, -0.1) is 0 Å². The van der Waals surface area contributed by atoms with E-state index in [2.05, 4.69) is 24.1 Å². The van der Waals surface area contributed by atoms with Crippen LogP contribution < -0.4 is 10.9 Å². The molecule has 0 fully saturated rings. The number of aryl methyl sites for hydroxylation is 2. The second-order valence-corrected chi connectivity index (χ2v) is 6.07. The Morgan fingerprint density at radius 1 is 0.923 bits per heavy atom. The average molecular weight is 346 g/mol. The molecular formula is C22H22N2O2. The van der Waals surface area contributed by atoms with E-state index in [1.54, 1.807) is 12.3 Å². The van der Waals surface area contributed by atoms with E-state index in [-0.39, 0.29) is 11.5 Å². The Hall–Kier alpha value is -3.14. The van der Waals surface area contributed by atoms with Gasteiger partial charge >= 0.3 is 0 Å². The molecule has 2 N–H and O–H groups in total. The number of aromatic nitrogens is 1. The normalized spacial score (nSPS) is 10.5. The summed E-state index contributed by atoms with van der Waals surface area (Å²) in [5.74, 6) is -0.388. The van der Waals surface area contributed by atoms with Crippen molar-refractivity contribution in [2.45, 2.75) is 26.7 Å². The lowest BCUT2D eigenvalue weighted by Crippen LogP contribution is -2.25. The topological polar surface area (TPSA) is 62.0 Å². The largest absolute Gasteiger partial charge is 0.328 e. The Morgan fingerprint density at radius 2 is 1.58 bits per heavy atom. The molecule has 2 aromatic carbocycles. The number of rotatable bonds is 5. The number of para-hydroxylation sites is 1. The number of H-pyrrole nitrogens is 1. The number of hydrogen-bond acceptors (Lipinski definition) is 2. The maximum absolute atomic E-state index is 13.0. The summed E-state index contributed by atoms with van der Waals surface area (Å²) in [7, 11) is 0. The number of hydrogen-bond donors (Lipinski definition) is 2. The Kier molecular flexibility index (Phi) is 5.32. The van der Waals surface area contributed by atoms with Gasteiger partial charge in [-0.3, -0.25) is 9.59 Å². The van der Waals surface area contributed by atoms with Crippen LogP contribution in [0.2, 0.25) is 0 Å². The predicted octanol–water partition coefficient (Wildman–Crippen LogP) is 4.42. The average Bonchev–Trinajstić information content (AvgIpc) is 2.68. The lowest BCUT2D eigenvalue weighted by Gasteiger charge is -2.15. The lowest BCUT2D eigenvalue weighted by atomic mass is 9.99. The Labute approximate surface area is 152 Å². The first-order chi connectivity index (χ1) is 12.7. The van der Waals surface area contributed by atoms with Gasteiger partial charge in [-0.1, -0.05) is 62.4 Å². The summed E-state index contributed by atoms with van der Waals surface area (Å²) in [5, 5.41) is 2.99. The van der Waals surface area contributed by atoms with E-state index in [0.717, 1.165) is 35.2 Å². The highest BCUT2D eigenvalue weighted by Crippen LogP contribution is 2.25. The number of nitrogens with one attached hydrogen (secondary N) is 2. The standard InChI is InChI=1S/C22H22N2O2/c1-3-15-11-8-12-16(4-2)20(15)24-22(26)19-18(13-14-23-21(19)25)17-9-6-5-7-10-17/h5-14H,3-4H2,1-2H3,(H,23,25)(H,24,26). The molecule has 132 valence electrons. The van der Waals surface area contributed by atoms with Crippen molar-refractivity contribution in [1.82, 2.24) is 4.98 Å². The third-order valence-electron chi connectivity index (χ3n) is 4.51. The summed E-state index contributed by atoms with van der Waals surface area (Å²) in [4.78, 5) is 28.1. The van der Waals surface area contributed by atoms with Crippen LogP contribution in [0.3, 0.4) is 0 Å². The second kappa shape index (κ2) is 7.83. The summed E-state index contributed by atoms with van der Waals surface area (Å²) in [6.45, 7) is 4.10. The monoisotopic (exact) mass is 346 g/mol. The van der Waals surface area contributed by atoms with Crippen LogP contribution in [0.15, 0.2) is 65.6 Å². The van der Waals surface area contributed by atoms with Gasteiger partial charge in [-0.25, -0.2) is 0 Å². The molecule has 0 saturated heterocycles. The molecule has 0 atom stereocenters. The minimum Gasteiger partial charge on any atom is -0.328 e.